The molecule has 0 aliphatic carbocycles. The molecule has 1 heterocycles. The van der Waals surface area contributed by atoms with Gasteiger partial charge in [0.05, 0.1) is 11.1 Å². The second-order valence-corrected chi connectivity index (χ2v) is 6.06. The molecule has 0 aliphatic rings. The molecule has 0 saturated heterocycles. The van der Waals surface area contributed by atoms with Crippen LogP contribution in [0.25, 0.3) is 10.9 Å². The fraction of sp³-hybridized carbons (Fsp3) is 0.211. The first kappa shape index (κ1) is 15.9. The number of ketones is 1. The number of hydrogen-bond donors (Lipinski definition) is 2. The summed E-state index contributed by atoms with van der Waals surface area (Å²) in [5.74, 6) is 0.205. The van der Waals surface area contributed by atoms with E-state index in [4.69, 9.17) is 0 Å². The average molecular weight is 321 g/mol. The van der Waals surface area contributed by atoms with Gasteiger partial charge in [0.1, 0.15) is 5.75 Å². The van der Waals surface area contributed by atoms with Gasteiger partial charge in [-0.05, 0) is 32.4 Å². The van der Waals surface area contributed by atoms with E-state index < -0.39 is 0 Å². The predicted octanol–water partition coefficient (Wildman–Crippen LogP) is 3.70. The van der Waals surface area contributed by atoms with Crippen LogP contribution in [0.15, 0.2) is 42.6 Å². The van der Waals surface area contributed by atoms with E-state index in [0.717, 1.165) is 5.56 Å². The Labute approximate surface area is 140 Å². The maximum absolute atomic E-state index is 12.7. The highest BCUT2D eigenvalue weighted by Crippen LogP contribution is 2.27. The van der Waals surface area contributed by atoms with Crippen molar-refractivity contribution < 1.29 is 9.90 Å². The van der Waals surface area contributed by atoms with Gasteiger partial charge in [0.25, 0.3) is 0 Å². The number of phenols is 1. The lowest BCUT2D eigenvalue weighted by molar-refractivity contribution is 0.103. The van der Waals surface area contributed by atoms with Crippen LogP contribution in [0.5, 0.6) is 5.75 Å². The van der Waals surface area contributed by atoms with Crippen molar-refractivity contribution in [2.24, 2.45) is 0 Å². The van der Waals surface area contributed by atoms with Crippen LogP contribution in [-0.4, -0.2) is 26.9 Å². The van der Waals surface area contributed by atoms with Gasteiger partial charge >= 0.3 is 0 Å². The topological polar surface area (TPSA) is 75.1 Å². The summed E-state index contributed by atoms with van der Waals surface area (Å²) >= 11 is 0. The van der Waals surface area contributed by atoms with E-state index in [0.29, 0.717) is 22.4 Å². The lowest BCUT2D eigenvalue weighted by Gasteiger charge is -2.10. The Bertz CT molecular complexity index is 920. The molecule has 2 aromatic carbocycles. The van der Waals surface area contributed by atoms with Crippen molar-refractivity contribution in [1.82, 2.24) is 9.97 Å². The first-order valence-corrected chi connectivity index (χ1v) is 7.82. The average Bonchev–Trinajstić information content (AvgIpc) is 2.53. The van der Waals surface area contributed by atoms with Crippen molar-refractivity contribution in [2.75, 3.05) is 5.32 Å². The van der Waals surface area contributed by atoms with Crippen LogP contribution in [0, 0.1) is 6.92 Å². The van der Waals surface area contributed by atoms with E-state index in [1.165, 1.54) is 6.07 Å². The summed E-state index contributed by atoms with van der Waals surface area (Å²) < 4.78 is 0. The number of hydrogen-bond acceptors (Lipinski definition) is 5. The molecule has 24 heavy (non-hydrogen) atoms. The largest absolute Gasteiger partial charge is 0.507 e. The lowest BCUT2D eigenvalue weighted by Crippen LogP contribution is -2.12. The molecule has 0 fully saturated rings. The van der Waals surface area contributed by atoms with Crippen LogP contribution in [0.4, 0.5) is 5.95 Å². The third kappa shape index (κ3) is 3.06. The molecule has 0 aliphatic heterocycles. The second kappa shape index (κ2) is 6.28. The van der Waals surface area contributed by atoms with E-state index in [9.17, 15) is 9.90 Å². The van der Waals surface area contributed by atoms with Gasteiger partial charge < -0.3 is 10.4 Å². The van der Waals surface area contributed by atoms with Crippen molar-refractivity contribution >= 4 is 22.6 Å². The second-order valence-electron chi connectivity index (χ2n) is 6.06. The van der Waals surface area contributed by atoms with Crippen LogP contribution in [0.3, 0.4) is 0 Å². The van der Waals surface area contributed by atoms with Crippen LogP contribution in [0.1, 0.15) is 35.3 Å². The minimum Gasteiger partial charge on any atom is -0.507 e. The number of fused-ring (bicyclic) bond motifs is 1. The van der Waals surface area contributed by atoms with Crippen molar-refractivity contribution in [1.29, 1.82) is 0 Å². The summed E-state index contributed by atoms with van der Waals surface area (Å²) in [6.07, 6.45) is 1.65. The number of nitrogens with one attached hydrogen (secondary N) is 1. The van der Waals surface area contributed by atoms with Gasteiger partial charge in [-0.15, -0.1) is 0 Å². The Balaban J connectivity index is 2.05. The minimum absolute atomic E-state index is 0.0787. The van der Waals surface area contributed by atoms with Crippen LogP contribution in [-0.2, 0) is 0 Å². The zero-order valence-electron chi connectivity index (χ0n) is 13.9. The highest BCUT2D eigenvalue weighted by atomic mass is 16.3. The van der Waals surface area contributed by atoms with E-state index in [1.807, 2.05) is 39.0 Å². The number of anilines is 1. The normalized spacial score (nSPS) is 11.0. The molecule has 0 atom stereocenters. The molecule has 122 valence electrons. The molecule has 3 aromatic rings. The highest BCUT2D eigenvalue weighted by Gasteiger charge is 2.17. The van der Waals surface area contributed by atoms with Crippen molar-refractivity contribution in [3.8, 4) is 5.75 Å². The van der Waals surface area contributed by atoms with Gasteiger partial charge in [0.15, 0.2) is 5.78 Å². The Morgan fingerprint density at radius 1 is 1.17 bits per heavy atom. The van der Waals surface area contributed by atoms with Crippen molar-refractivity contribution in [3.63, 3.8) is 0 Å². The molecular formula is C19H19N3O2. The quantitative estimate of drug-likeness (QED) is 0.717. The summed E-state index contributed by atoms with van der Waals surface area (Å²) in [5, 5.41) is 14.1. The summed E-state index contributed by atoms with van der Waals surface area (Å²) in [6.45, 7) is 5.86. The Morgan fingerprint density at radius 3 is 2.62 bits per heavy atom. The van der Waals surface area contributed by atoms with E-state index in [1.54, 1.807) is 18.3 Å². The predicted molar refractivity (Wildman–Crippen MR) is 94.6 cm³/mol. The number of phenolic OH excluding ortho intramolecular Hbond substituents is 1. The zero-order chi connectivity index (χ0) is 17.3. The Kier molecular flexibility index (Phi) is 4.16. The monoisotopic (exact) mass is 321 g/mol. The molecule has 0 radical (unpaired) electrons. The van der Waals surface area contributed by atoms with Gasteiger partial charge in [0, 0.05) is 29.3 Å². The number of benzene rings is 2. The number of rotatable bonds is 4. The molecule has 1 aromatic heterocycles. The molecule has 3 rings (SSSR count). The van der Waals surface area contributed by atoms with Crippen molar-refractivity contribution in [3.05, 3.63) is 59.3 Å². The number of nitrogens with zero attached hydrogens (tertiary/aromatic N) is 2. The van der Waals surface area contributed by atoms with Gasteiger partial charge in [-0.2, -0.15) is 0 Å². The third-order valence-corrected chi connectivity index (χ3v) is 3.75. The van der Waals surface area contributed by atoms with E-state index >= 15 is 0 Å². The number of carbonyl (C=O) groups is 1. The SMILES string of the molecule is Cc1ccccc1C(=O)c1cc2cnc(NC(C)C)nc2cc1O. The third-order valence-electron chi connectivity index (χ3n) is 3.75. The first-order chi connectivity index (χ1) is 11.5. The fourth-order valence-electron chi connectivity index (χ4n) is 2.55. The maximum atomic E-state index is 12.7. The van der Waals surface area contributed by atoms with E-state index in [-0.39, 0.29) is 23.1 Å². The zero-order valence-corrected chi connectivity index (χ0v) is 13.9. The molecule has 0 saturated carbocycles. The molecule has 5 nitrogen and oxygen atoms in total. The Hall–Kier alpha value is -2.95. The summed E-state index contributed by atoms with van der Waals surface area (Å²) in [7, 11) is 0. The van der Waals surface area contributed by atoms with Gasteiger partial charge in [-0.25, -0.2) is 9.97 Å². The lowest BCUT2D eigenvalue weighted by atomic mass is 9.97. The standard InChI is InChI=1S/C19H19N3O2/c1-11(2)21-19-20-10-13-8-15(17(23)9-16(13)22-19)18(24)14-7-5-4-6-12(14)3/h4-11,23H,1-3H3,(H,20,21,22). The number of aromatic hydroxyl groups is 1. The minimum atomic E-state index is -0.211. The van der Waals surface area contributed by atoms with Crippen LogP contribution in [0.2, 0.25) is 0 Å². The summed E-state index contributed by atoms with van der Waals surface area (Å²) in [4.78, 5) is 21.4. The molecule has 0 unspecified atom stereocenters. The summed E-state index contributed by atoms with van der Waals surface area (Å²) in [5.41, 5.74) is 2.29. The van der Waals surface area contributed by atoms with Crippen molar-refractivity contribution in [2.45, 2.75) is 26.8 Å². The van der Waals surface area contributed by atoms with Gasteiger partial charge in [0.2, 0.25) is 5.95 Å². The summed E-state index contributed by atoms with van der Waals surface area (Å²) in [6, 6.07) is 10.7. The van der Waals surface area contributed by atoms with E-state index in [2.05, 4.69) is 15.3 Å². The highest BCUT2D eigenvalue weighted by molar-refractivity contribution is 6.13. The molecule has 0 amide bonds. The first-order valence-electron chi connectivity index (χ1n) is 7.82. The molecule has 0 spiro atoms. The fourth-order valence-corrected chi connectivity index (χ4v) is 2.55. The molecule has 0 bridgehead atoms. The number of aromatic nitrogens is 2. The molecule has 5 heteroatoms. The molecule has 2 N–H and O–H groups in total. The van der Waals surface area contributed by atoms with Gasteiger partial charge in [-0.3, -0.25) is 4.79 Å². The number of aryl methyl sites for hydroxylation is 1. The maximum Gasteiger partial charge on any atom is 0.223 e. The Morgan fingerprint density at radius 2 is 1.92 bits per heavy atom. The smallest absolute Gasteiger partial charge is 0.223 e. The van der Waals surface area contributed by atoms with Crippen LogP contribution < -0.4 is 5.32 Å². The van der Waals surface area contributed by atoms with Gasteiger partial charge in [-0.1, -0.05) is 24.3 Å². The molecular weight excluding hydrogens is 302 g/mol. The van der Waals surface area contributed by atoms with Crippen LogP contribution >= 0.6 is 0 Å². The number of carbonyl (C=O) groups excluding carboxylic acids is 1.